The first-order chi connectivity index (χ1) is 11.2. The van der Waals surface area contributed by atoms with Gasteiger partial charge in [-0.3, -0.25) is 4.79 Å². The van der Waals surface area contributed by atoms with E-state index in [-0.39, 0.29) is 5.41 Å². The number of hydrogen-bond donors (Lipinski definition) is 1. The van der Waals surface area contributed by atoms with E-state index >= 15 is 0 Å². The zero-order valence-corrected chi connectivity index (χ0v) is 13.5. The third kappa shape index (κ3) is 2.85. The van der Waals surface area contributed by atoms with E-state index in [2.05, 4.69) is 11.4 Å². The van der Waals surface area contributed by atoms with Gasteiger partial charge in [0, 0.05) is 11.9 Å². The fraction of sp³-hybridized carbons (Fsp3) is 0.333. The number of carbonyl (C=O) groups is 1. The highest BCUT2D eigenvalue weighted by Crippen LogP contribution is 2.41. The lowest BCUT2D eigenvalue weighted by molar-refractivity contribution is -0.108. The molecule has 0 radical (unpaired) electrons. The molecule has 1 atom stereocenters. The molecule has 1 aliphatic heterocycles. The van der Waals surface area contributed by atoms with Crippen LogP contribution in [0, 0.1) is 11.3 Å². The first kappa shape index (κ1) is 15.6. The minimum atomic E-state index is -0.465. The van der Waals surface area contributed by atoms with Gasteiger partial charge in [-0.1, -0.05) is 36.6 Å². The molecule has 1 N–H and O–H groups in total. The molecule has 1 saturated carbocycles. The molecule has 0 saturated heterocycles. The molecular formula is C18H18ClN3O. The van der Waals surface area contributed by atoms with Crippen molar-refractivity contribution in [3.63, 3.8) is 0 Å². The molecule has 1 aromatic carbocycles. The number of carbonyl (C=O) groups excluding carboxylic acids is 1. The lowest BCUT2D eigenvalue weighted by Gasteiger charge is -2.30. The van der Waals surface area contributed by atoms with Crippen LogP contribution in [0.3, 0.4) is 0 Å². The lowest BCUT2D eigenvalue weighted by atomic mass is 9.80. The highest BCUT2D eigenvalue weighted by Gasteiger charge is 2.35. The van der Waals surface area contributed by atoms with Gasteiger partial charge in [-0.15, -0.1) is 0 Å². The molecule has 23 heavy (non-hydrogen) atoms. The van der Waals surface area contributed by atoms with Crippen molar-refractivity contribution in [2.45, 2.75) is 36.6 Å². The number of nitrogens with zero attached hydrogens (tertiary/aromatic N) is 2. The van der Waals surface area contributed by atoms with Crippen molar-refractivity contribution < 1.29 is 4.79 Å². The summed E-state index contributed by atoms with van der Waals surface area (Å²) in [5.41, 5.74) is 1.84. The van der Waals surface area contributed by atoms with Gasteiger partial charge in [0.15, 0.2) is 0 Å². The molecule has 0 aromatic heterocycles. The van der Waals surface area contributed by atoms with E-state index in [1.807, 2.05) is 41.4 Å². The first-order valence-electron chi connectivity index (χ1n) is 7.73. The van der Waals surface area contributed by atoms with Crippen LogP contribution in [-0.2, 0) is 10.2 Å². The minimum absolute atomic E-state index is 0.333. The van der Waals surface area contributed by atoms with Crippen molar-refractivity contribution >= 4 is 23.7 Å². The van der Waals surface area contributed by atoms with Crippen LogP contribution in [0.1, 0.15) is 31.2 Å². The number of alkyl halides is 1. The molecule has 5 heteroatoms. The fourth-order valence-corrected chi connectivity index (χ4v) is 3.66. The maximum atomic E-state index is 10.6. The number of nitrogens with one attached hydrogen (secondary N) is 1. The van der Waals surface area contributed by atoms with E-state index < -0.39 is 5.50 Å². The van der Waals surface area contributed by atoms with Crippen LogP contribution in [0.15, 0.2) is 48.3 Å². The molecule has 118 valence electrons. The number of halogens is 1. The molecule has 1 unspecified atom stereocenters. The number of rotatable bonds is 4. The number of anilines is 1. The zero-order valence-electron chi connectivity index (χ0n) is 12.7. The summed E-state index contributed by atoms with van der Waals surface area (Å²) in [6.07, 6.45) is 10.2. The van der Waals surface area contributed by atoms with Gasteiger partial charge in [-0.2, -0.15) is 5.26 Å². The summed E-state index contributed by atoms with van der Waals surface area (Å²) in [7, 11) is 0. The maximum absolute atomic E-state index is 10.6. The molecule has 1 aliphatic carbocycles. The number of hydrogen-bond acceptors (Lipinski definition) is 3. The van der Waals surface area contributed by atoms with Crippen LogP contribution in [0.2, 0.25) is 0 Å². The van der Waals surface area contributed by atoms with E-state index in [9.17, 15) is 10.1 Å². The predicted molar refractivity (Wildman–Crippen MR) is 90.7 cm³/mol. The van der Waals surface area contributed by atoms with Crippen LogP contribution < -0.4 is 10.2 Å². The van der Waals surface area contributed by atoms with Crippen molar-refractivity contribution in [3.8, 4) is 6.07 Å². The van der Waals surface area contributed by atoms with E-state index in [4.69, 9.17) is 11.6 Å². The van der Waals surface area contributed by atoms with Gasteiger partial charge in [0.1, 0.15) is 5.50 Å². The van der Waals surface area contributed by atoms with E-state index in [1.54, 1.807) is 6.08 Å². The maximum Gasteiger partial charge on any atom is 0.211 e. The second-order valence-electron chi connectivity index (χ2n) is 5.92. The quantitative estimate of drug-likeness (QED) is 0.522. The third-order valence-corrected chi connectivity index (χ3v) is 5.08. The Hall–Kier alpha value is -2.25. The van der Waals surface area contributed by atoms with Crippen LogP contribution in [0.4, 0.5) is 5.69 Å². The summed E-state index contributed by atoms with van der Waals surface area (Å²) in [6.45, 7) is 0. The molecule has 3 rings (SSSR count). The van der Waals surface area contributed by atoms with Gasteiger partial charge in [0.2, 0.25) is 6.41 Å². The Morgan fingerprint density at radius 2 is 2.00 bits per heavy atom. The van der Waals surface area contributed by atoms with Gasteiger partial charge in [0.05, 0.1) is 17.2 Å². The second kappa shape index (κ2) is 6.47. The minimum Gasteiger partial charge on any atom is -0.329 e. The Morgan fingerprint density at radius 3 is 2.61 bits per heavy atom. The van der Waals surface area contributed by atoms with Gasteiger partial charge < -0.3 is 10.2 Å². The summed E-state index contributed by atoms with van der Waals surface area (Å²) in [5, 5.41) is 12.2. The average Bonchev–Trinajstić information content (AvgIpc) is 3.07. The first-order valence-corrected chi connectivity index (χ1v) is 8.17. The summed E-state index contributed by atoms with van der Waals surface area (Å²) in [5.74, 6) is 0. The molecule has 1 fully saturated rings. The van der Waals surface area contributed by atoms with Gasteiger partial charge in [-0.25, -0.2) is 0 Å². The average molecular weight is 328 g/mol. The van der Waals surface area contributed by atoms with Crippen molar-refractivity contribution in [2.75, 3.05) is 4.90 Å². The Bertz CT molecular complexity index is 681. The molecule has 2 aliphatic rings. The SMILES string of the molecule is N#CC1(c2ccc(N3C=CC=C(NC=O)C3Cl)cc2)CCCC1. The van der Waals surface area contributed by atoms with Gasteiger partial charge in [0.25, 0.3) is 0 Å². The third-order valence-electron chi connectivity index (χ3n) is 4.64. The van der Waals surface area contributed by atoms with E-state index in [1.165, 1.54) is 0 Å². The number of allylic oxidation sites excluding steroid dienone is 2. The van der Waals surface area contributed by atoms with Crippen LogP contribution >= 0.6 is 11.6 Å². The molecule has 1 amide bonds. The fourth-order valence-electron chi connectivity index (χ4n) is 3.34. The normalized spacial score (nSPS) is 22.3. The van der Waals surface area contributed by atoms with Crippen molar-refractivity contribution in [1.82, 2.24) is 5.32 Å². The largest absolute Gasteiger partial charge is 0.329 e. The molecule has 4 nitrogen and oxygen atoms in total. The number of nitriles is 1. The Kier molecular flexibility index (Phi) is 4.40. The number of amides is 1. The van der Waals surface area contributed by atoms with E-state index in [0.717, 1.165) is 36.9 Å². The Labute approximate surface area is 141 Å². The summed E-state index contributed by atoms with van der Waals surface area (Å²) >= 11 is 6.42. The van der Waals surface area contributed by atoms with Crippen molar-refractivity contribution in [3.05, 3.63) is 53.9 Å². The van der Waals surface area contributed by atoms with Crippen LogP contribution in [0.5, 0.6) is 0 Å². The molecule has 0 bridgehead atoms. The predicted octanol–water partition coefficient (Wildman–Crippen LogP) is 3.55. The van der Waals surface area contributed by atoms with Crippen LogP contribution in [-0.4, -0.2) is 11.9 Å². The van der Waals surface area contributed by atoms with Crippen LogP contribution in [0.25, 0.3) is 0 Å². The summed E-state index contributed by atoms with van der Waals surface area (Å²) in [4.78, 5) is 12.5. The second-order valence-corrected chi connectivity index (χ2v) is 6.33. The van der Waals surface area contributed by atoms with Gasteiger partial charge >= 0.3 is 0 Å². The van der Waals surface area contributed by atoms with Crippen molar-refractivity contribution in [2.24, 2.45) is 0 Å². The standard InChI is InChI=1S/C18H18ClN3O/c19-17-16(21-13-23)4-3-11-22(17)15-7-5-14(6-8-15)18(12-20)9-1-2-10-18/h3-8,11,13,17H,1-2,9-10H2,(H,21,23). The molecule has 1 aromatic rings. The Morgan fingerprint density at radius 1 is 1.30 bits per heavy atom. The number of benzene rings is 1. The lowest BCUT2D eigenvalue weighted by Crippen LogP contribution is -2.35. The van der Waals surface area contributed by atoms with Crippen molar-refractivity contribution in [1.29, 1.82) is 5.26 Å². The highest BCUT2D eigenvalue weighted by atomic mass is 35.5. The highest BCUT2D eigenvalue weighted by molar-refractivity contribution is 6.24. The molecule has 1 heterocycles. The monoisotopic (exact) mass is 327 g/mol. The van der Waals surface area contributed by atoms with Gasteiger partial charge in [-0.05, 0) is 42.7 Å². The van der Waals surface area contributed by atoms with E-state index in [0.29, 0.717) is 12.1 Å². The topological polar surface area (TPSA) is 56.1 Å². The molecular weight excluding hydrogens is 310 g/mol. The summed E-state index contributed by atoms with van der Waals surface area (Å²) < 4.78 is 0. The molecule has 0 spiro atoms. The Balaban J connectivity index is 1.83. The zero-order chi connectivity index (χ0) is 16.3. The summed E-state index contributed by atoms with van der Waals surface area (Å²) in [6, 6.07) is 10.5. The smallest absolute Gasteiger partial charge is 0.211 e.